The van der Waals surface area contributed by atoms with Gasteiger partial charge in [-0.3, -0.25) is 0 Å². The molecule has 0 unspecified atom stereocenters. The standard InChI is InChI=1S/C13H26O5Si.C10H20O4Si/c1-6-16-19(17-7-2,18-8-3)11-9-10-15-13(14)12(4)5;1-9(2)10(11)14-7-6-8-15(5,12-3)13-4/h4,6-11H2,1-3,5H3;1,6-8H2,2-5H3. The third-order valence-electron chi connectivity index (χ3n) is 4.52. The second-order valence-electron chi connectivity index (χ2n) is 7.56. The summed E-state index contributed by atoms with van der Waals surface area (Å²) in [5.74, 6) is -0.704. The normalized spacial score (nSPS) is 11.3. The fourth-order valence-corrected chi connectivity index (χ4v) is 6.49. The van der Waals surface area contributed by atoms with Gasteiger partial charge in [0.2, 0.25) is 0 Å². The van der Waals surface area contributed by atoms with Crippen molar-refractivity contribution in [1.82, 2.24) is 0 Å². The smallest absolute Gasteiger partial charge is 0.462 e. The molecule has 0 aliphatic carbocycles. The van der Waals surface area contributed by atoms with Crippen LogP contribution in [-0.4, -0.2) is 76.6 Å². The van der Waals surface area contributed by atoms with Crippen LogP contribution in [0.15, 0.2) is 24.3 Å². The summed E-state index contributed by atoms with van der Waals surface area (Å²) < 4.78 is 37.7. The van der Waals surface area contributed by atoms with E-state index in [1.54, 1.807) is 28.1 Å². The van der Waals surface area contributed by atoms with Gasteiger partial charge in [0.1, 0.15) is 0 Å². The highest BCUT2D eigenvalue weighted by Gasteiger charge is 2.39. The van der Waals surface area contributed by atoms with Crippen molar-refractivity contribution in [2.45, 2.75) is 66.1 Å². The molecule has 0 aromatic rings. The minimum atomic E-state index is -2.61. The molecule has 0 spiro atoms. The Hall–Kier alpha value is -1.35. The van der Waals surface area contributed by atoms with Gasteiger partial charge in [0.25, 0.3) is 0 Å². The number of ether oxygens (including phenoxy) is 2. The van der Waals surface area contributed by atoms with Crippen molar-refractivity contribution in [3.8, 4) is 0 Å². The molecule has 11 heteroatoms. The first-order valence-corrected chi connectivity index (χ1v) is 16.1. The minimum Gasteiger partial charge on any atom is -0.462 e. The Morgan fingerprint density at radius 2 is 1.06 bits per heavy atom. The Kier molecular flexibility index (Phi) is 20.4. The molecule has 0 N–H and O–H groups in total. The zero-order chi connectivity index (χ0) is 26.6. The SMILES string of the molecule is C=C(C)C(=O)OCCC[Si](C)(OC)OC.C=C(C)C(=O)OCCC[Si](OCC)(OCC)OCC. The Morgan fingerprint density at radius 3 is 1.35 bits per heavy atom. The molecule has 34 heavy (non-hydrogen) atoms. The summed E-state index contributed by atoms with van der Waals surface area (Å²) >= 11 is 0. The molecule has 0 heterocycles. The average molecular weight is 523 g/mol. The molecule has 0 aromatic carbocycles. The van der Waals surface area contributed by atoms with E-state index in [4.69, 9.17) is 31.6 Å². The third kappa shape index (κ3) is 16.3. The van der Waals surface area contributed by atoms with Gasteiger partial charge in [-0.1, -0.05) is 13.2 Å². The van der Waals surface area contributed by atoms with Crippen LogP contribution in [0.5, 0.6) is 0 Å². The van der Waals surface area contributed by atoms with Crippen molar-refractivity contribution >= 4 is 29.3 Å². The van der Waals surface area contributed by atoms with E-state index in [1.165, 1.54) is 0 Å². The van der Waals surface area contributed by atoms with Gasteiger partial charge in [0.05, 0.1) is 13.2 Å². The maximum Gasteiger partial charge on any atom is 0.501 e. The first-order chi connectivity index (χ1) is 16.0. The maximum atomic E-state index is 11.2. The second-order valence-corrected chi connectivity index (χ2v) is 13.9. The van der Waals surface area contributed by atoms with Crippen LogP contribution in [0.3, 0.4) is 0 Å². The van der Waals surface area contributed by atoms with Crippen molar-refractivity contribution in [3.05, 3.63) is 24.3 Å². The molecule has 0 aliphatic rings. The molecule has 0 aliphatic heterocycles. The molecule has 0 saturated heterocycles. The molecule has 0 bridgehead atoms. The number of esters is 2. The van der Waals surface area contributed by atoms with Gasteiger partial charge in [-0.15, -0.1) is 0 Å². The summed E-state index contributed by atoms with van der Waals surface area (Å²) in [6, 6.07) is 1.45. The van der Waals surface area contributed by atoms with Crippen LogP contribution < -0.4 is 0 Å². The fraction of sp³-hybridized carbons (Fsp3) is 0.739. The van der Waals surface area contributed by atoms with E-state index in [2.05, 4.69) is 13.2 Å². The van der Waals surface area contributed by atoms with Gasteiger partial charge in [0, 0.05) is 51.2 Å². The molecule has 0 aromatic heterocycles. The second kappa shape index (κ2) is 19.9. The van der Waals surface area contributed by atoms with Crippen molar-refractivity contribution in [3.63, 3.8) is 0 Å². The number of carbonyl (C=O) groups excluding carboxylic acids is 2. The van der Waals surface area contributed by atoms with Gasteiger partial charge in [-0.05, 0) is 60.1 Å². The lowest BCUT2D eigenvalue weighted by atomic mass is 10.4. The summed E-state index contributed by atoms with van der Waals surface area (Å²) in [6.45, 7) is 20.4. The van der Waals surface area contributed by atoms with Crippen LogP contribution in [0.2, 0.25) is 18.6 Å². The van der Waals surface area contributed by atoms with E-state index in [1.807, 2.05) is 27.3 Å². The number of hydrogen-bond donors (Lipinski definition) is 0. The number of hydrogen-bond acceptors (Lipinski definition) is 9. The Morgan fingerprint density at radius 1 is 0.706 bits per heavy atom. The largest absolute Gasteiger partial charge is 0.501 e. The van der Waals surface area contributed by atoms with Gasteiger partial charge < -0.3 is 31.6 Å². The topological polar surface area (TPSA) is 98.8 Å². The molecule has 9 nitrogen and oxygen atoms in total. The van der Waals surface area contributed by atoms with Crippen LogP contribution >= 0.6 is 0 Å². The molecular formula is C23H46O9Si2. The Bertz CT molecular complexity index is 590. The van der Waals surface area contributed by atoms with Crippen LogP contribution in [0.1, 0.15) is 47.5 Å². The molecule has 0 amide bonds. The van der Waals surface area contributed by atoms with Crippen LogP contribution in [0, 0.1) is 0 Å². The van der Waals surface area contributed by atoms with E-state index in [0.29, 0.717) is 56.6 Å². The predicted octanol–water partition coefficient (Wildman–Crippen LogP) is 4.40. The summed E-state index contributed by atoms with van der Waals surface area (Å²) in [6.07, 6.45) is 1.41. The lowest BCUT2D eigenvalue weighted by molar-refractivity contribution is -0.139. The van der Waals surface area contributed by atoms with Gasteiger partial charge >= 0.3 is 29.3 Å². The predicted molar refractivity (Wildman–Crippen MR) is 137 cm³/mol. The molecular weight excluding hydrogens is 476 g/mol. The molecule has 0 radical (unpaired) electrons. The third-order valence-corrected chi connectivity index (χ3v) is 10.7. The lowest BCUT2D eigenvalue weighted by Crippen LogP contribution is -2.46. The summed E-state index contributed by atoms with van der Waals surface area (Å²) in [5, 5.41) is 0. The molecule has 0 fully saturated rings. The van der Waals surface area contributed by atoms with Crippen LogP contribution in [0.4, 0.5) is 0 Å². The van der Waals surface area contributed by atoms with Crippen molar-refractivity contribution in [1.29, 1.82) is 0 Å². The van der Waals surface area contributed by atoms with Gasteiger partial charge in [0.15, 0.2) is 0 Å². The first-order valence-electron chi connectivity index (χ1n) is 11.6. The Labute approximate surface area is 208 Å². The maximum absolute atomic E-state index is 11.2. The van der Waals surface area contributed by atoms with E-state index >= 15 is 0 Å². The molecule has 0 saturated carbocycles. The zero-order valence-corrected chi connectivity index (χ0v) is 24.5. The Balaban J connectivity index is 0. The first kappa shape index (κ1) is 34.8. The van der Waals surface area contributed by atoms with Crippen LogP contribution in [0.25, 0.3) is 0 Å². The molecule has 0 atom stereocenters. The lowest BCUT2D eigenvalue weighted by Gasteiger charge is -2.28. The van der Waals surface area contributed by atoms with E-state index in [-0.39, 0.29) is 11.9 Å². The highest BCUT2D eigenvalue weighted by molar-refractivity contribution is 6.65. The molecule has 200 valence electrons. The van der Waals surface area contributed by atoms with Gasteiger partial charge in [-0.25, -0.2) is 9.59 Å². The van der Waals surface area contributed by atoms with E-state index in [0.717, 1.165) is 12.5 Å². The van der Waals surface area contributed by atoms with Crippen LogP contribution in [-0.2, 0) is 41.2 Å². The van der Waals surface area contributed by atoms with Crippen molar-refractivity contribution in [2.24, 2.45) is 0 Å². The fourth-order valence-electron chi connectivity index (χ4n) is 2.55. The zero-order valence-electron chi connectivity index (χ0n) is 22.5. The van der Waals surface area contributed by atoms with Crippen molar-refractivity contribution in [2.75, 3.05) is 47.3 Å². The van der Waals surface area contributed by atoms with E-state index < -0.39 is 17.4 Å². The van der Waals surface area contributed by atoms with Crippen molar-refractivity contribution < 1.29 is 41.2 Å². The average Bonchev–Trinajstić information content (AvgIpc) is 2.80. The summed E-state index contributed by atoms with van der Waals surface area (Å²) in [7, 11) is -1.32. The quantitative estimate of drug-likeness (QED) is 0.112. The van der Waals surface area contributed by atoms with Gasteiger partial charge in [-0.2, -0.15) is 0 Å². The monoisotopic (exact) mass is 522 g/mol. The molecule has 0 rings (SSSR count). The minimum absolute atomic E-state index is 0.327. The number of carbonyl (C=O) groups is 2. The summed E-state index contributed by atoms with van der Waals surface area (Å²) in [5.41, 5.74) is 0.830. The highest BCUT2D eigenvalue weighted by Crippen LogP contribution is 2.18. The highest BCUT2D eigenvalue weighted by atomic mass is 28.4. The number of rotatable bonds is 18. The summed E-state index contributed by atoms with van der Waals surface area (Å²) in [4.78, 5) is 22.3. The van der Waals surface area contributed by atoms with E-state index in [9.17, 15) is 9.59 Å².